The summed E-state index contributed by atoms with van der Waals surface area (Å²) in [7, 11) is 0. The van der Waals surface area contributed by atoms with Crippen LogP contribution in [0.25, 0.3) is 11.3 Å². The normalized spacial score (nSPS) is 12.4. The molecule has 0 aliphatic heterocycles. The molecule has 0 saturated heterocycles. The van der Waals surface area contributed by atoms with Crippen molar-refractivity contribution in [1.82, 2.24) is 4.98 Å². The highest BCUT2D eigenvalue weighted by Crippen LogP contribution is 2.29. The van der Waals surface area contributed by atoms with Gasteiger partial charge in [-0.3, -0.25) is 4.79 Å². The Kier molecular flexibility index (Phi) is 3.74. The first-order valence-electron chi connectivity index (χ1n) is 4.88. The lowest BCUT2D eigenvalue weighted by Crippen LogP contribution is -2.20. The van der Waals surface area contributed by atoms with E-state index < -0.39 is 17.8 Å². The van der Waals surface area contributed by atoms with Gasteiger partial charge in [0.2, 0.25) is 0 Å². The molecule has 0 saturated carbocycles. The first-order valence-corrected chi connectivity index (χ1v) is 6.55. The smallest absolute Gasteiger partial charge is 0.327 e. The molecule has 18 heavy (non-hydrogen) atoms. The highest BCUT2D eigenvalue weighted by molar-refractivity contribution is 9.10. The Hall–Kier alpha value is -1.31. The SMILES string of the molecule is NC(C(=O)O)c1nc(-c2cc(Br)ccc2F)cs1. The van der Waals surface area contributed by atoms with Crippen LogP contribution in [0.15, 0.2) is 28.1 Å². The Balaban J connectivity index is 2.41. The topological polar surface area (TPSA) is 76.2 Å². The summed E-state index contributed by atoms with van der Waals surface area (Å²) in [5.41, 5.74) is 6.13. The third-order valence-corrected chi connectivity index (χ3v) is 3.68. The second-order valence-corrected chi connectivity index (χ2v) is 5.32. The molecule has 0 radical (unpaired) electrons. The van der Waals surface area contributed by atoms with Crippen molar-refractivity contribution < 1.29 is 14.3 Å². The lowest BCUT2D eigenvalue weighted by molar-refractivity contribution is -0.138. The van der Waals surface area contributed by atoms with Crippen LogP contribution in [0.4, 0.5) is 4.39 Å². The van der Waals surface area contributed by atoms with Crippen LogP contribution in [-0.4, -0.2) is 16.1 Å². The van der Waals surface area contributed by atoms with Gasteiger partial charge in [-0.05, 0) is 18.2 Å². The molecule has 1 unspecified atom stereocenters. The predicted octanol–water partition coefficient (Wildman–Crippen LogP) is 2.80. The van der Waals surface area contributed by atoms with Crippen LogP contribution in [0.5, 0.6) is 0 Å². The van der Waals surface area contributed by atoms with Crippen molar-refractivity contribution in [3.63, 3.8) is 0 Å². The number of carbonyl (C=O) groups is 1. The number of hydrogen-bond acceptors (Lipinski definition) is 4. The summed E-state index contributed by atoms with van der Waals surface area (Å²) in [5.74, 6) is -1.58. The first-order chi connectivity index (χ1) is 8.49. The van der Waals surface area contributed by atoms with Crippen LogP contribution in [0.2, 0.25) is 0 Å². The fraction of sp³-hybridized carbons (Fsp3) is 0.0909. The Bertz CT molecular complexity index is 602. The maximum Gasteiger partial charge on any atom is 0.327 e. The molecule has 2 aromatic rings. The van der Waals surface area contributed by atoms with E-state index in [4.69, 9.17) is 10.8 Å². The van der Waals surface area contributed by atoms with Crippen molar-refractivity contribution in [2.24, 2.45) is 5.73 Å². The van der Waals surface area contributed by atoms with E-state index in [0.29, 0.717) is 11.3 Å². The Morgan fingerprint density at radius 3 is 2.94 bits per heavy atom. The van der Waals surface area contributed by atoms with E-state index in [-0.39, 0.29) is 5.01 Å². The highest BCUT2D eigenvalue weighted by Gasteiger charge is 2.19. The zero-order chi connectivity index (χ0) is 13.3. The van der Waals surface area contributed by atoms with Gasteiger partial charge in [0.25, 0.3) is 0 Å². The van der Waals surface area contributed by atoms with Gasteiger partial charge in [-0.1, -0.05) is 15.9 Å². The van der Waals surface area contributed by atoms with E-state index in [2.05, 4.69) is 20.9 Å². The first kappa shape index (κ1) is 13.1. The second kappa shape index (κ2) is 5.13. The quantitative estimate of drug-likeness (QED) is 0.907. The van der Waals surface area contributed by atoms with Gasteiger partial charge in [-0.25, -0.2) is 9.37 Å². The van der Waals surface area contributed by atoms with E-state index in [9.17, 15) is 9.18 Å². The van der Waals surface area contributed by atoms with Gasteiger partial charge in [0.05, 0.1) is 5.69 Å². The van der Waals surface area contributed by atoms with Crippen LogP contribution < -0.4 is 5.73 Å². The molecular formula is C11H8BrFN2O2S. The average molecular weight is 331 g/mol. The Labute approximate surface area is 114 Å². The molecule has 0 aliphatic carbocycles. The largest absolute Gasteiger partial charge is 0.480 e. The number of carboxylic acids is 1. The fourth-order valence-electron chi connectivity index (χ4n) is 1.35. The molecular weight excluding hydrogens is 323 g/mol. The van der Waals surface area contributed by atoms with Crippen LogP contribution in [-0.2, 0) is 4.79 Å². The van der Waals surface area contributed by atoms with Crippen molar-refractivity contribution in [1.29, 1.82) is 0 Å². The minimum atomic E-state index is -1.18. The monoisotopic (exact) mass is 330 g/mol. The van der Waals surface area contributed by atoms with Crippen LogP contribution in [0, 0.1) is 5.82 Å². The molecule has 94 valence electrons. The number of aromatic nitrogens is 1. The molecule has 1 atom stereocenters. The van der Waals surface area contributed by atoms with Crippen LogP contribution in [0.3, 0.4) is 0 Å². The van der Waals surface area contributed by atoms with E-state index in [1.54, 1.807) is 17.5 Å². The number of halogens is 2. The number of benzene rings is 1. The van der Waals surface area contributed by atoms with E-state index in [1.807, 2.05) is 0 Å². The van der Waals surface area contributed by atoms with E-state index >= 15 is 0 Å². The van der Waals surface area contributed by atoms with Crippen molar-refractivity contribution in [2.45, 2.75) is 6.04 Å². The predicted molar refractivity (Wildman–Crippen MR) is 69.8 cm³/mol. The molecule has 0 bridgehead atoms. The summed E-state index contributed by atoms with van der Waals surface area (Å²) in [4.78, 5) is 14.8. The second-order valence-electron chi connectivity index (χ2n) is 3.51. The van der Waals surface area contributed by atoms with Crippen LogP contribution in [0.1, 0.15) is 11.0 Å². The molecule has 2 rings (SSSR count). The summed E-state index contributed by atoms with van der Waals surface area (Å²) in [5, 5.41) is 10.6. The molecule has 0 amide bonds. The maximum absolute atomic E-state index is 13.6. The van der Waals surface area contributed by atoms with Gasteiger partial charge in [-0.15, -0.1) is 11.3 Å². The number of hydrogen-bond donors (Lipinski definition) is 2. The van der Waals surface area contributed by atoms with E-state index in [0.717, 1.165) is 15.8 Å². The molecule has 7 heteroatoms. The minimum Gasteiger partial charge on any atom is -0.480 e. The van der Waals surface area contributed by atoms with Gasteiger partial charge >= 0.3 is 5.97 Å². The lowest BCUT2D eigenvalue weighted by atomic mass is 10.1. The number of rotatable bonds is 3. The van der Waals surface area contributed by atoms with Gasteiger partial charge in [-0.2, -0.15) is 0 Å². The summed E-state index contributed by atoms with van der Waals surface area (Å²) in [6, 6.07) is 3.30. The van der Waals surface area contributed by atoms with Gasteiger partial charge in [0, 0.05) is 15.4 Å². The number of nitrogens with two attached hydrogens (primary N) is 1. The lowest BCUT2D eigenvalue weighted by Gasteiger charge is -2.02. The third kappa shape index (κ3) is 2.58. The van der Waals surface area contributed by atoms with Gasteiger partial charge < -0.3 is 10.8 Å². The fourth-order valence-corrected chi connectivity index (χ4v) is 2.53. The summed E-state index contributed by atoms with van der Waals surface area (Å²) in [6.45, 7) is 0. The maximum atomic E-state index is 13.6. The zero-order valence-corrected chi connectivity index (χ0v) is 11.3. The van der Waals surface area contributed by atoms with E-state index in [1.165, 1.54) is 6.07 Å². The van der Waals surface area contributed by atoms with Crippen molar-refractivity contribution in [3.05, 3.63) is 38.9 Å². The van der Waals surface area contributed by atoms with Crippen molar-refractivity contribution in [2.75, 3.05) is 0 Å². The summed E-state index contributed by atoms with van der Waals surface area (Å²) >= 11 is 4.34. The molecule has 1 heterocycles. The molecule has 4 nitrogen and oxygen atoms in total. The average Bonchev–Trinajstić information content (AvgIpc) is 2.80. The molecule has 0 aliphatic rings. The molecule has 1 aromatic carbocycles. The standard InChI is InChI=1S/C11H8BrFN2O2S/c12-5-1-2-7(13)6(3-5)8-4-18-10(15-8)9(14)11(16)17/h1-4,9H,14H2,(H,16,17). The molecule has 3 N–H and O–H groups in total. The Morgan fingerprint density at radius 2 is 2.28 bits per heavy atom. The number of aliphatic carboxylic acids is 1. The summed E-state index contributed by atoms with van der Waals surface area (Å²) in [6.07, 6.45) is 0. The molecule has 0 spiro atoms. The summed E-state index contributed by atoms with van der Waals surface area (Å²) < 4.78 is 14.3. The van der Waals surface area contributed by atoms with Crippen molar-refractivity contribution >= 4 is 33.2 Å². The Morgan fingerprint density at radius 1 is 1.56 bits per heavy atom. The zero-order valence-electron chi connectivity index (χ0n) is 8.93. The van der Waals surface area contributed by atoms with Crippen LogP contribution >= 0.6 is 27.3 Å². The number of thiazole rings is 1. The highest BCUT2D eigenvalue weighted by atomic mass is 79.9. The van der Waals surface area contributed by atoms with Crippen molar-refractivity contribution in [3.8, 4) is 11.3 Å². The van der Waals surface area contributed by atoms with Gasteiger partial charge in [0.15, 0.2) is 6.04 Å². The molecule has 0 fully saturated rings. The number of carboxylic acid groups (broad SMARTS) is 1. The molecule has 1 aromatic heterocycles. The third-order valence-electron chi connectivity index (χ3n) is 2.26. The minimum absolute atomic E-state index is 0.247. The van der Waals surface area contributed by atoms with Gasteiger partial charge in [0.1, 0.15) is 10.8 Å². The number of nitrogens with zero attached hydrogens (tertiary/aromatic N) is 1.